The van der Waals surface area contributed by atoms with Crippen LogP contribution in [0.4, 0.5) is 10.8 Å². The molecule has 3 aromatic rings. The van der Waals surface area contributed by atoms with E-state index >= 15 is 0 Å². The van der Waals surface area contributed by atoms with E-state index in [0.717, 1.165) is 11.8 Å². The largest absolute Gasteiger partial charge is 0.475 e. The Balaban J connectivity index is 1.69. The maximum absolute atomic E-state index is 12.6. The lowest BCUT2D eigenvalue weighted by molar-refractivity contribution is 0.101. The number of amides is 1. The van der Waals surface area contributed by atoms with Gasteiger partial charge in [0, 0.05) is 29.9 Å². The second-order valence-electron chi connectivity index (χ2n) is 6.14. The van der Waals surface area contributed by atoms with Crippen LogP contribution in [0.15, 0.2) is 48.0 Å². The molecule has 0 radical (unpaired) electrons. The fourth-order valence-electron chi connectivity index (χ4n) is 2.45. The van der Waals surface area contributed by atoms with Crippen LogP contribution in [0.1, 0.15) is 10.4 Å². The first kappa shape index (κ1) is 21.7. The van der Waals surface area contributed by atoms with Crippen LogP contribution in [0.5, 0.6) is 5.88 Å². The van der Waals surface area contributed by atoms with Gasteiger partial charge in [0.05, 0.1) is 18.6 Å². The molecule has 0 aliphatic heterocycles. The predicted octanol–water partition coefficient (Wildman–Crippen LogP) is 2.85. The van der Waals surface area contributed by atoms with E-state index in [1.54, 1.807) is 55.1 Å². The Morgan fingerprint density at radius 2 is 1.93 bits per heavy atom. The fourth-order valence-corrected chi connectivity index (χ4v) is 3.73. The molecular formula is C19H20N4O5S2. The number of pyridine rings is 1. The zero-order valence-electron chi connectivity index (χ0n) is 16.3. The molecule has 0 atom stereocenters. The smallest absolute Gasteiger partial charge is 0.262 e. The second kappa shape index (κ2) is 9.65. The van der Waals surface area contributed by atoms with Gasteiger partial charge in [0.2, 0.25) is 15.9 Å². The molecule has 2 heterocycles. The van der Waals surface area contributed by atoms with Gasteiger partial charge in [0.25, 0.3) is 5.91 Å². The summed E-state index contributed by atoms with van der Waals surface area (Å²) in [6.45, 7) is 0.658. The lowest BCUT2D eigenvalue weighted by Crippen LogP contribution is -2.15. The lowest BCUT2D eigenvalue weighted by atomic mass is 10.1. The predicted molar refractivity (Wildman–Crippen MR) is 116 cm³/mol. The van der Waals surface area contributed by atoms with Crippen molar-refractivity contribution in [1.29, 1.82) is 0 Å². The minimum atomic E-state index is -3.33. The first-order valence-electron chi connectivity index (χ1n) is 8.77. The van der Waals surface area contributed by atoms with Crippen LogP contribution in [0.3, 0.4) is 0 Å². The SMILES string of the molecule is COCCOc1ncccc1C(=O)Nc1nc(-c2ccc(NS(C)(=O)=O)cc2)cs1. The molecule has 0 spiro atoms. The number of anilines is 2. The number of hydrogen-bond acceptors (Lipinski definition) is 8. The van der Waals surface area contributed by atoms with Crippen LogP contribution in [-0.4, -0.2) is 50.9 Å². The highest BCUT2D eigenvalue weighted by molar-refractivity contribution is 7.92. The summed E-state index contributed by atoms with van der Waals surface area (Å²) in [4.78, 5) is 21.1. The van der Waals surface area contributed by atoms with Crippen molar-refractivity contribution in [3.05, 3.63) is 53.5 Å². The highest BCUT2D eigenvalue weighted by Crippen LogP contribution is 2.27. The van der Waals surface area contributed by atoms with Gasteiger partial charge in [-0.2, -0.15) is 0 Å². The molecule has 30 heavy (non-hydrogen) atoms. The number of nitrogens with one attached hydrogen (secondary N) is 2. The Morgan fingerprint density at radius 3 is 2.63 bits per heavy atom. The van der Waals surface area contributed by atoms with E-state index in [9.17, 15) is 13.2 Å². The van der Waals surface area contributed by atoms with Crippen LogP contribution >= 0.6 is 11.3 Å². The van der Waals surface area contributed by atoms with Gasteiger partial charge in [-0.3, -0.25) is 14.8 Å². The van der Waals surface area contributed by atoms with Gasteiger partial charge in [-0.05, 0) is 24.3 Å². The van der Waals surface area contributed by atoms with E-state index in [1.807, 2.05) is 0 Å². The van der Waals surface area contributed by atoms with Crippen LogP contribution in [0.2, 0.25) is 0 Å². The molecule has 9 nitrogen and oxygen atoms in total. The molecule has 2 N–H and O–H groups in total. The van der Waals surface area contributed by atoms with Crippen LogP contribution in [0.25, 0.3) is 11.3 Å². The molecule has 0 aliphatic carbocycles. The van der Waals surface area contributed by atoms with Crippen LogP contribution in [0, 0.1) is 0 Å². The molecule has 1 amide bonds. The fraction of sp³-hybridized carbons (Fsp3) is 0.211. The average Bonchev–Trinajstić information content (AvgIpc) is 3.16. The number of rotatable bonds is 9. The summed E-state index contributed by atoms with van der Waals surface area (Å²) in [6, 6.07) is 10.1. The monoisotopic (exact) mass is 448 g/mol. The standard InChI is InChI=1S/C19H20N4O5S2/c1-27-10-11-28-18-15(4-3-9-20-18)17(24)22-19-21-16(12-29-19)13-5-7-14(8-6-13)23-30(2,25)26/h3-9,12,23H,10-11H2,1-2H3,(H,21,22,24). The summed E-state index contributed by atoms with van der Waals surface area (Å²) in [5.41, 5.74) is 2.20. The Bertz CT molecular complexity index is 1110. The molecule has 0 unspecified atom stereocenters. The van der Waals surface area contributed by atoms with E-state index in [0.29, 0.717) is 28.7 Å². The number of aromatic nitrogens is 2. The maximum Gasteiger partial charge on any atom is 0.262 e. The van der Waals surface area contributed by atoms with Crippen LogP contribution < -0.4 is 14.8 Å². The summed E-state index contributed by atoms with van der Waals surface area (Å²) < 4.78 is 35.4. The van der Waals surface area contributed by atoms with Crippen molar-refractivity contribution in [2.45, 2.75) is 0 Å². The topological polar surface area (TPSA) is 120 Å². The van der Waals surface area contributed by atoms with E-state index in [4.69, 9.17) is 9.47 Å². The highest BCUT2D eigenvalue weighted by atomic mass is 32.2. The molecule has 11 heteroatoms. The number of nitrogens with zero attached hydrogens (tertiary/aromatic N) is 2. The van der Waals surface area contributed by atoms with Crippen molar-refractivity contribution in [3.63, 3.8) is 0 Å². The summed E-state index contributed by atoms with van der Waals surface area (Å²) in [7, 11) is -1.77. The number of ether oxygens (including phenoxy) is 2. The Labute approximate surface area is 178 Å². The first-order chi connectivity index (χ1) is 14.4. The number of benzene rings is 1. The molecule has 2 aromatic heterocycles. The Hall–Kier alpha value is -3.02. The Kier molecular flexibility index (Phi) is 6.98. The molecular weight excluding hydrogens is 428 g/mol. The zero-order chi connectivity index (χ0) is 21.6. The summed E-state index contributed by atoms with van der Waals surface area (Å²) in [6.07, 6.45) is 2.63. The number of carbonyl (C=O) groups is 1. The van der Waals surface area contributed by atoms with Crippen molar-refractivity contribution in [3.8, 4) is 17.1 Å². The number of thiazole rings is 1. The lowest BCUT2D eigenvalue weighted by Gasteiger charge is -2.09. The molecule has 0 saturated carbocycles. The van der Waals surface area contributed by atoms with Gasteiger partial charge < -0.3 is 9.47 Å². The maximum atomic E-state index is 12.6. The highest BCUT2D eigenvalue weighted by Gasteiger charge is 2.16. The molecule has 3 rings (SSSR count). The number of hydrogen-bond donors (Lipinski definition) is 2. The molecule has 0 fully saturated rings. The molecule has 0 aliphatic rings. The van der Waals surface area contributed by atoms with Crippen LogP contribution in [-0.2, 0) is 14.8 Å². The third-order valence-corrected chi connectivity index (χ3v) is 5.11. The van der Waals surface area contributed by atoms with E-state index in [-0.39, 0.29) is 18.4 Å². The Morgan fingerprint density at radius 1 is 1.17 bits per heavy atom. The van der Waals surface area contributed by atoms with Crippen molar-refractivity contribution in [2.75, 3.05) is 36.6 Å². The summed E-state index contributed by atoms with van der Waals surface area (Å²) in [5.74, 6) is -0.165. The molecule has 0 bridgehead atoms. The van der Waals surface area contributed by atoms with Crippen molar-refractivity contribution >= 4 is 38.1 Å². The van der Waals surface area contributed by atoms with Crippen molar-refractivity contribution in [2.24, 2.45) is 0 Å². The summed E-state index contributed by atoms with van der Waals surface area (Å²) in [5, 5.41) is 4.96. The quantitative estimate of drug-likeness (QED) is 0.483. The average molecular weight is 449 g/mol. The number of sulfonamides is 1. The summed E-state index contributed by atoms with van der Waals surface area (Å²) >= 11 is 1.27. The second-order valence-corrected chi connectivity index (χ2v) is 8.75. The number of carbonyl (C=O) groups excluding carboxylic acids is 1. The van der Waals surface area contributed by atoms with Crippen molar-refractivity contribution < 1.29 is 22.7 Å². The minimum absolute atomic E-state index is 0.220. The minimum Gasteiger partial charge on any atom is -0.475 e. The molecule has 158 valence electrons. The van der Waals surface area contributed by atoms with Gasteiger partial charge in [-0.15, -0.1) is 11.3 Å². The van der Waals surface area contributed by atoms with E-state index in [2.05, 4.69) is 20.0 Å². The molecule has 0 saturated heterocycles. The van der Waals surface area contributed by atoms with Gasteiger partial charge in [0.1, 0.15) is 12.2 Å². The van der Waals surface area contributed by atoms with Gasteiger partial charge in [-0.1, -0.05) is 12.1 Å². The normalized spacial score (nSPS) is 11.1. The van der Waals surface area contributed by atoms with Gasteiger partial charge >= 0.3 is 0 Å². The van der Waals surface area contributed by atoms with Gasteiger partial charge in [0.15, 0.2) is 5.13 Å². The van der Waals surface area contributed by atoms with E-state index < -0.39 is 10.0 Å². The third kappa shape index (κ3) is 5.99. The molecule has 1 aromatic carbocycles. The zero-order valence-corrected chi connectivity index (χ0v) is 17.9. The third-order valence-electron chi connectivity index (χ3n) is 3.75. The first-order valence-corrected chi connectivity index (χ1v) is 11.5. The number of methoxy groups -OCH3 is 1. The van der Waals surface area contributed by atoms with Gasteiger partial charge in [-0.25, -0.2) is 18.4 Å². The van der Waals surface area contributed by atoms with Crippen molar-refractivity contribution in [1.82, 2.24) is 9.97 Å². The van der Waals surface area contributed by atoms with E-state index in [1.165, 1.54) is 11.3 Å².